The van der Waals surface area contributed by atoms with Gasteiger partial charge in [0.1, 0.15) is 11.8 Å². The van der Waals surface area contributed by atoms with Crippen molar-refractivity contribution < 1.29 is 23.2 Å². The van der Waals surface area contributed by atoms with Gasteiger partial charge in [-0.25, -0.2) is 13.9 Å². The average Bonchev–Trinajstić information content (AvgIpc) is 2.80. The molecule has 8 nitrogen and oxygen atoms in total. The first-order chi connectivity index (χ1) is 15.5. The van der Waals surface area contributed by atoms with E-state index in [9.17, 15) is 18.4 Å². The van der Waals surface area contributed by atoms with Crippen LogP contribution >= 0.6 is 0 Å². The SMILES string of the molecule is COc1ccc(S(=O)(=O)N(Cc2ccncc2)[C@@H](C(=O)NO)C2CCCCCCC2)cc1. The molecule has 1 fully saturated rings. The Morgan fingerprint density at radius 1 is 1.09 bits per heavy atom. The molecule has 1 aromatic carbocycles. The van der Waals surface area contributed by atoms with Gasteiger partial charge in [-0.05, 0) is 60.7 Å². The van der Waals surface area contributed by atoms with Gasteiger partial charge in [-0.15, -0.1) is 0 Å². The normalized spacial score (nSPS) is 16.7. The summed E-state index contributed by atoms with van der Waals surface area (Å²) in [6.07, 6.45) is 9.73. The van der Waals surface area contributed by atoms with E-state index in [-0.39, 0.29) is 17.4 Å². The van der Waals surface area contributed by atoms with Crippen LogP contribution < -0.4 is 10.2 Å². The van der Waals surface area contributed by atoms with Crippen LogP contribution in [-0.4, -0.2) is 42.0 Å². The summed E-state index contributed by atoms with van der Waals surface area (Å²) in [5.41, 5.74) is 2.44. The number of hydrogen-bond acceptors (Lipinski definition) is 6. The largest absolute Gasteiger partial charge is 0.497 e. The molecule has 0 unspecified atom stereocenters. The summed E-state index contributed by atoms with van der Waals surface area (Å²) >= 11 is 0. The summed E-state index contributed by atoms with van der Waals surface area (Å²) in [4.78, 5) is 17.0. The lowest BCUT2D eigenvalue weighted by atomic mass is 9.85. The van der Waals surface area contributed by atoms with Gasteiger partial charge in [0.05, 0.1) is 12.0 Å². The third kappa shape index (κ3) is 5.85. The fourth-order valence-electron chi connectivity index (χ4n) is 4.33. The van der Waals surface area contributed by atoms with Gasteiger partial charge in [0.2, 0.25) is 10.0 Å². The van der Waals surface area contributed by atoms with E-state index in [0.29, 0.717) is 11.3 Å². The van der Waals surface area contributed by atoms with E-state index in [2.05, 4.69) is 4.98 Å². The number of nitrogens with one attached hydrogen (secondary N) is 1. The molecular formula is C23H31N3O5S. The van der Waals surface area contributed by atoms with Crippen LogP contribution in [0.15, 0.2) is 53.7 Å². The molecule has 2 N–H and O–H groups in total. The van der Waals surface area contributed by atoms with Gasteiger partial charge < -0.3 is 4.74 Å². The van der Waals surface area contributed by atoms with Crippen LogP contribution in [0.2, 0.25) is 0 Å². The summed E-state index contributed by atoms with van der Waals surface area (Å²) in [5.74, 6) is -0.367. The first-order valence-electron chi connectivity index (χ1n) is 11.0. The van der Waals surface area contributed by atoms with Crippen molar-refractivity contribution in [2.75, 3.05) is 7.11 Å². The fraction of sp³-hybridized carbons (Fsp3) is 0.478. The van der Waals surface area contributed by atoms with E-state index in [4.69, 9.17) is 4.74 Å². The number of aromatic nitrogens is 1. The molecular weight excluding hydrogens is 430 g/mol. The summed E-state index contributed by atoms with van der Waals surface area (Å²) in [5, 5.41) is 9.53. The van der Waals surface area contributed by atoms with Crippen LogP contribution in [-0.2, 0) is 21.4 Å². The Kier molecular flexibility index (Phi) is 8.60. The van der Waals surface area contributed by atoms with Crippen molar-refractivity contribution in [1.29, 1.82) is 0 Å². The zero-order chi connectivity index (χ0) is 23.0. The Morgan fingerprint density at radius 3 is 2.25 bits per heavy atom. The Hall–Kier alpha value is -2.49. The Bertz CT molecular complexity index is 959. The molecule has 1 atom stereocenters. The number of carbonyl (C=O) groups excluding carboxylic acids is 1. The zero-order valence-electron chi connectivity index (χ0n) is 18.3. The van der Waals surface area contributed by atoms with Gasteiger partial charge in [-0.2, -0.15) is 4.31 Å². The summed E-state index contributed by atoms with van der Waals surface area (Å²) in [6.45, 7) is -0.00846. The lowest BCUT2D eigenvalue weighted by Crippen LogP contribution is -2.52. The van der Waals surface area contributed by atoms with Gasteiger partial charge in [0.15, 0.2) is 0 Å². The number of pyridine rings is 1. The molecule has 174 valence electrons. The summed E-state index contributed by atoms with van der Waals surface area (Å²) in [7, 11) is -2.55. The van der Waals surface area contributed by atoms with Crippen molar-refractivity contribution in [1.82, 2.24) is 14.8 Å². The molecule has 2 aromatic rings. The number of carbonyl (C=O) groups is 1. The smallest absolute Gasteiger partial charge is 0.262 e. The number of amides is 1. The molecule has 0 bridgehead atoms. The molecule has 1 amide bonds. The standard InChI is InChI=1S/C23H31N3O5S/c1-31-20-9-11-21(12-10-20)32(29,30)26(17-18-13-15-24-16-14-18)22(23(27)25-28)19-7-5-3-2-4-6-8-19/h9-16,19,22,28H,2-8,17H2,1H3,(H,25,27)/t22-/m1/s1. The van der Waals surface area contributed by atoms with E-state index in [1.165, 1.54) is 23.5 Å². The van der Waals surface area contributed by atoms with E-state index in [0.717, 1.165) is 44.9 Å². The van der Waals surface area contributed by atoms with Crippen LogP contribution in [0.5, 0.6) is 5.75 Å². The van der Waals surface area contributed by atoms with Crippen molar-refractivity contribution >= 4 is 15.9 Å². The van der Waals surface area contributed by atoms with Gasteiger partial charge in [-0.3, -0.25) is 15.0 Å². The molecule has 0 saturated heterocycles. The summed E-state index contributed by atoms with van der Waals surface area (Å²) < 4.78 is 34.0. The van der Waals surface area contributed by atoms with Gasteiger partial charge in [0, 0.05) is 18.9 Å². The highest BCUT2D eigenvalue weighted by Crippen LogP contribution is 2.32. The molecule has 1 aliphatic rings. The minimum atomic E-state index is -4.06. The zero-order valence-corrected chi connectivity index (χ0v) is 19.1. The van der Waals surface area contributed by atoms with Gasteiger partial charge in [-0.1, -0.05) is 32.1 Å². The maximum absolute atomic E-state index is 13.8. The second kappa shape index (κ2) is 11.4. The predicted octanol–water partition coefficient (Wildman–Crippen LogP) is 3.52. The molecule has 1 heterocycles. The lowest BCUT2D eigenvalue weighted by Gasteiger charge is -2.35. The van der Waals surface area contributed by atoms with Crippen molar-refractivity contribution in [2.24, 2.45) is 5.92 Å². The molecule has 32 heavy (non-hydrogen) atoms. The highest BCUT2D eigenvalue weighted by atomic mass is 32.2. The third-order valence-corrected chi connectivity index (χ3v) is 7.88. The maximum Gasteiger partial charge on any atom is 0.262 e. The number of rotatable bonds is 8. The van der Waals surface area contributed by atoms with E-state index in [1.54, 1.807) is 42.1 Å². The second-order valence-electron chi connectivity index (χ2n) is 8.11. The predicted molar refractivity (Wildman–Crippen MR) is 119 cm³/mol. The minimum Gasteiger partial charge on any atom is -0.497 e. The average molecular weight is 462 g/mol. The first kappa shape index (κ1) is 24.2. The van der Waals surface area contributed by atoms with E-state index >= 15 is 0 Å². The van der Waals surface area contributed by atoms with Crippen LogP contribution in [0.1, 0.15) is 50.5 Å². The molecule has 3 rings (SSSR count). The third-order valence-electron chi connectivity index (χ3n) is 6.04. The van der Waals surface area contributed by atoms with Crippen molar-refractivity contribution in [2.45, 2.75) is 62.4 Å². The molecule has 1 aromatic heterocycles. The van der Waals surface area contributed by atoms with Crippen molar-refractivity contribution in [3.63, 3.8) is 0 Å². The lowest BCUT2D eigenvalue weighted by molar-refractivity contribution is -0.135. The Morgan fingerprint density at radius 2 is 1.69 bits per heavy atom. The minimum absolute atomic E-state index is 0.00846. The van der Waals surface area contributed by atoms with Gasteiger partial charge >= 0.3 is 0 Å². The number of benzene rings is 1. The Labute approximate surface area is 189 Å². The molecule has 1 saturated carbocycles. The molecule has 1 aliphatic carbocycles. The van der Waals surface area contributed by atoms with Crippen molar-refractivity contribution in [3.05, 3.63) is 54.4 Å². The Balaban J connectivity index is 2.05. The number of hydroxylamine groups is 1. The maximum atomic E-state index is 13.8. The first-order valence-corrected chi connectivity index (χ1v) is 12.4. The second-order valence-corrected chi connectivity index (χ2v) is 10.00. The molecule has 0 aliphatic heterocycles. The quantitative estimate of drug-likeness (QED) is 0.460. The van der Waals surface area contributed by atoms with Crippen molar-refractivity contribution in [3.8, 4) is 5.75 Å². The monoisotopic (exact) mass is 461 g/mol. The number of hydrogen-bond donors (Lipinski definition) is 2. The highest BCUT2D eigenvalue weighted by molar-refractivity contribution is 7.89. The topological polar surface area (TPSA) is 109 Å². The number of methoxy groups -OCH3 is 1. The van der Waals surface area contributed by atoms with Crippen LogP contribution in [0.3, 0.4) is 0 Å². The highest BCUT2D eigenvalue weighted by Gasteiger charge is 2.40. The number of nitrogens with zero attached hydrogens (tertiary/aromatic N) is 2. The van der Waals surface area contributed by atoms with Gasteiger partial charge in [0.25, 0.3) is 5.91 Å². The molecule has 0 spiro atoms. The van der Waals surface area contributed by atoms with E-state index in [1.807, 2.05) is 0 Å². The van der Waals surface area contributed by atoms with E-state index < -0.39 is 22.0 Å². The van der Waals surface area contributed by atoms with Crippen LogP contribution in [0.4, 0.5) is 0 Å². The molecule has 0 radical (unpaired) electrons. The molecule has 9 heteroatoms. The summed E-state index contributed by atoms with van der Waals surface area (Å²) in [6, 6.07) is 8.52. The van der Waals surface area contributed by atoms with Crippen LogP contribution in [0, 0.1) is 5.92 Å². The van der Waals surface area contributed by atoms with Crippen LogP contribution in [0.25, 0.3) is 0 Å². The number of sulfonamides is 1. The fourth-order valence-corrected chi connectivity index (χ4v) is 5.97. The number of ether oxygens (including phenoxy) is 1.